The molecule has 6 nitrogen and oxygen atoms in total. The second-order valence-electron chi connectivity index (χ2n) is 3.77. The van der Waals surface area contributed by atoms with E-state index in [0.29, 0.717) is 11.1 Å². The van der Waals surface area contributed by atoms with E-state index in [-0.39, 0.29) is 11.3 Å². The maximum atomic E-state index is 11.3. The van der Waals surface area contributed by atoms with Crippen molar-refractivity contribution in [2.24, 2.45) is 10.9 Å². The van der Waals surface area contributed by atoms with Gasteiger partial charge in [0.15, 0.2) is 0 Å². The third-order valence-corrected chi connectivity index (χ3v) is 3.36. The summed E-state index contributed by atoms with van der Waals surface area (Å²) in [6.07, 6.45) is 1.44. The van der Waals surface area contributed by atoms with Crippen molar-refractivity contribution in [1.29, 1.82) is 0 Å². The molecule has 0 fully saturated rings. The summed E-state index contributed by atoms with van der Waals surface area (Å²) in [5.41, 5.74) is 6.33. The number of nitrogens with two attached hydrogens (primary N) is 2. The van der Waals surface area contributed by atoms with Crippen molar-refractivity contribution in [1.82, 2.24) is 0 Å². The average molecular weight is 270 g/mol. The fourth-order valence-corrected chi connectivity index (χ4v) is 2.21. The number of rotatable bonds is 5. The first kappa shape index (κ1) is 14.4. The highest BCUT2D eigenvalue weighted by Gasteiger charge is 2.16. The maximum Gasteiger partial charge on any atom is 0.320 e. The number of primary sulfonamides is 1. The summed E-state index contributed by atoms with van der Waals surface area (Å²) < 4.78 is 22.5. The van der Waals surface area contributed by atoms with Crippen molar-refractivity contribution in [3.63, 3.8) is 0 Å². The van der Waals surface area contributed by atoms with Gasteiger partial charge in [0.2, 0.25) is 10.0 Å². The van der Waals surface area contributed by atoms with Gasteiger partial charge < -0.3 is 10.8 Å². The van der Waals surface area contributed by atoms with Crippen LogP contribution in [0.5, 0.6) is 0 Å². The number of carboxylic acid groups (broad SMARTS) is 1. The Balaban J connectivity index is 3.14. The number of carboxylic acids is 1. The highest BCUT2D eigenvalue weighted by Crippen LogP contribution is 2.18. The molecule has 0 radical (unpaired) electrons. The molecule has 0 bridgehead atoms. The predicted octanol–water partition coefficient (Wildman–Crippen LogP) is -0.0686. The Morgan fingerprint density at radius 2 is 2.11 bits per heavy atom. The van der Waals surface area contributed by atoms with Gasteiger partial charge in [-0.1, -0.05) is 24.8 Å². The van der Waals surface area contributed by atoms with Crippen molar-refractivity contribution >= 4 is 22.1 Å². The third kappa shape index (κ3) is 3.39. The molecule has 0 aromatic heterocycles. The molecule has 0 aliphatic heterocycles. The second kappa shape index (κ2) is 5.30. The van der Waals surface area contributed by atoms with E-state index in [1.165, 1.54) is 24.3 Å². The second-order valence-corrected chi connectivity index (χ2v) is 5.30. The van der Waals surface area contributed by atoms with Crippen molar-refractivity contribution in [3.05, 3.63) is 35.9 Å². The molecule has 1 aromatic rings. The summed E-state index contributed by atoms with van der Waals surface area (Å²) in [7, 11) is -3.83. The quantitative estimate of drug-likeness (QED) is 0.691. The van der Waals surface area contributed by atoms with Crippen LogP contribution in [0.2, 0.25) is 0 Å². The monoisotopic (exact) mass is 270 g/mol. The lowest BCUT2D eigenvalue weighted by Crippen LogP contribution is -2.32. The topological polar surface area (TPSA) is 123 Å². The van der Waals surface area contributed by atoms with Crippen LogP contribution in [-0.4, -0.2) is 25.5 Å². The fraction of sp³-hybridized carbons (Fsp3) is 0.182. The number of hydrogen-bond donors (Lipinski definition) is 3. The first-order valence-corrected chi connectivity index (χ1v) is 6.57. The van der Waals surface area contributed by atoms with Gasteiger partial charge in [-0.15, -0.1) is 0 Å². The molecule has 0 spiro atoms. The van der Waals surface area contributed by atoms with Crippen molar-refractivity contribution in [2.45, 2.75) is 17.4 Å². The van der Waals surface area contributed by atoms with Gasteiger partial charge in [-0.05, 0) is 23.6 Å². The summed E-state index contributed by atoms with van der Waals surface area (Å²) in [6, 6.07) is 3.27. The summed E-state index contributed by atoms with van der Waals surface area (Å²) in [5.74, 6) is -1.12. The van der Waals surface area contributed by atoms with Crippen LogP contribution in [0, 0.1) is 0 Å². The summed E-state index contributed by atoms with van der Waals surface area (Å²) in [4.78, 5) is 10.6. The largest absolute Gasteiger partial charge is 0.480 e. The van der Waals surface area contributed by atoms with Crippen LogP contribution in [0.25, 0.3) is 6.08 Å². The van der Waals surface area contributed by atoms with E-state index >= 15 is 0 Å². The van der Waals surface area contributed by atoms with Gasteiger partial charge in [0, 0.05) is 0 Å². The van der Waals surface area contributed by atoms with Crippen molar-refractivity contribution < 1.29 is 18.3 Å². The number of benzene rings is 1. The number of aliphatic carboxylic acids is 1. The Hall–Kier alpha value is -1.70. The van der Waals surface area contributed by atoms with E-state index < -0.39 is 22.0 Å². The van der Waals surface area contributed by atoms with E-state index in [9.17, 15) is 13.2 Å². The zero-order chi connectivity index (χ0) is 13.9. The smallest absolute Gasteiger partial charge is 0.320 e. The van der Waals surface area contributed by atoms with Gasteiger partial charge in [0.25, 0.3) is 0 Å². The Bertz CT molecular complexity index is 581. The van der Waals surface area contributed by atoms with Crippen LogP contribution in [0.1, 0.15) is 11.1 Å². The van der Waals surface area contributed by atoms with E-state index in [1.54, 1.807) is 0 Å². The molecule has 1 unspecified atom stereocenters. The molecular formula is C11H14N2O4S. The molecule has 1 atom stereocenters. The standard InChI is InChI=1S/C11H14N2O4S/c1-2-8-5-7(6-9(12)11(14)15)3-4-10(8)18(13,16)17/h2-5,9H,1,6,12H2,(H,14,15)(H2,13,16,17). The fourth-order valence-electron chi connectivity index (χ4n) is 1.48. The minimum absolute atomic E-state index is 0.0508. The normalized spacial score (nSPS) is 13.0. The molecule has 7 heteroatoms. The van der Waals surface area contributed by atoms with Crippen molar-refractivity contribution in [3.8, 4) is 0 Å². The van der Waals surface area contributed by atoms with Crippen LogP contribution in [-0.2, 0) is 21.2 Å². The van der Waals surface area contributed by atoms with Gasteiger partial charge in [-0.3, -0.25) is 4.79 Å². The van der Waals surface area contributed by atoms with Gasteiger partial charge >= 0.3 is 5.97 Å². The molecule has 98 valence electrons. The van der Waals surface area contributed by atoms with Crippen LogP contribution in [0.4, 0.5) is 0 Å². The van der Waals surface area contributed by atoms with Crippen LogP contribution in [0.3, 0.4) is 0 Å². The molecule has 1 aromatic carbocycles. The Morgan fingerprint density at radius 3 is 2.56 bits per heavy atom. The molecule has 0 amide bonds. The van der Waals surface area contributed by atoms with Gasteiger partial charge in [-0.25, -0.2) is 13.6 Å². The van der Waals surface area contributed by atoms with Gasteiger partial charge in [0.1, 0.15) is 6.04 Å². The Morgan fingerprint density at radius 1 is 1.50 bits per heavy atom. The highest BCUT2D eigenvalue weighted by molar-refractivity contribution is 7.89. The molecule has 0 aliphatic rings. The predicted molar refractivity (Wildman–Crippen MR) is 67.2 cm³/mol. The summed E-state index contributed by atoms with van der Waals surface area (Å²) in [6.45, 7) is 3.49. The SMILES string of the molecule is C=Cc1cc(CC(N)C(=O)O)ccc1S(N)(=O)=O. The highest BCUT2D eigenvalue weighted by atomic mass is 32.2. The van der Waals surface area contributed by atoms with Gasteiger partial charge in [0.05, 0.1) is 4.90 Å². The lowest BCUT2D eigenvalue weighted by molar-refractivity contribution is -0.138. The maximum absolute atomic E-state index is 11.3. The summed E-state index contributed by atoms with van der Waals surface area (Å²) >= 11 is 0. The minimum atomic E-state index is -3.83. The lowest BCUT2D eigenvalue weighted by Gasteiger charge is -2.09. The number of hydrogen-bond acceptors (Lipinski definition) is 4. The van der Waals surface area contributed by atoms with E-state index in [2.05, 4.69) is 6.58 Å². The first-order valence-electron chi connectivity index (χ1n) is 5.02. The van der Waals surface area contributed by atoms with Crippen LogP contribution >= 0.6 is 0 Å². The van der Waals surface area contributed by atoms with Gasteiger partial charge in [-0.2, -0.15) is 0 Å². The first-order chi connectivity index (χ1) is 8.25. The van der Waals surface area contributed by atoms with E-state index in [1.807, 2.05) is 0 Å². The molecule has 18 heavy (non-hydrogen) atoms. The average Bonchev–Trinajstić information content (AvgIpc) is 2.27. The molecule has 0 saturated heterocycles. The Labute approximate surface area is 105 Å². The molecule has 1 rings (SSSR count). The molecule has 0 heterocycles. The molecule has 0 aliphatic carbocycles. The van der Waals surface area contributed by atoms with Crippen LogP contribution < -0.4 is 10.9 Å². The Kier molecular flexibility index (Phi) is 4.23. The van der Waals surface area contributed by atoms with E-state index in [4.69, 9.17) is 16.0 Å². The number of carbonyl (C=O) groups is 1. The minimum Gasteiger partial charge on any atom is -0.480 e. The molecule has 0 saturated carbocycles. The zero-order valence-electron chi connectivity index (χ0n) is 9.54. The molecular weight excluding hydrogens is 256 g/mol. The molecule has 5 N–H and O–H groups in total. The zero-order valence-corrected chi connectivity index (χ0v) is 10.4. The van der Waals surface area contributed by atoms with Crippen LogP contribution in [0.15, 0.2) is 29.7 Å². The summed E-state index contributed by atoms with van der Waals surface area (Å²) in [5, 5.41) is 13.7. The van der Waals surface area contributed by atoms with E-state index in [0.717, 1.165) is 0 Å². The number of sulfonamides is 1. The third-order valence-electron chi connectivity index (χ3n) is 2.37. The lowest BCUT2D eigenvalue weighted by atomic mass is 10.0. The van der Waals surface area contributed by atoms with Crippen molar-refractivity contribution in [2.75, 3.05) is 0 Å².